The highest BCUT2D eigenvalue weighted by Crippen LogP contribution is 2.32. The summed E-state index contributed by atoms with van der Waals surface area (Å²) in [6, 6.07) is 5.38. The molecule has 1 aliphatic rings. The first-order valence-electron chi connectivity index (χ1n) is 5.72. The number of rotatable bonds is 3. The van der Waals surface area contributed by atoms with Gasteiger partial charge in [0.15, 0.2) is 10.8 Å². The topological polar surface area (TPSA) is 80.7 Å². The van der Waals surface area contributed by atoms with E-state index in [9.17, 15) is 8.42 Å². The third-order valence-electron chi connectivity index (χ3n) is 3.20. The number of anilines is 1. The van der Waals surface area contributed by atoms with Crippen LogP contribution in [0.1, 0.15) is 12.8 Å². The lowest BCUT2D eigenvalue weighted by molar-refractivity contribution is 0.461. The van der Waals surface area contributed by atoms with Crippen LogP contribution in [0, 0.1) is 0 Å². The van der Waals surface area contributed by atoms with Crippen molar-refractivity contribution in [3.05, 3.63) is 24.4 Å². The Balaban J connectivity index is 2.22. The van der Waals surface area contributed by atoms with E-state index in [4.69, 9.17) is 5.73 Å². The van der Waals surface area contributed by atoms with Gasteiger partial charge in [-0.15, -0.1) is 0 Å². The van der Waals surface area contributed by atoms with E-state index in [-0.39, 0.29) is 16.9 Å². The van der Waals surface area contributed by atoms with E-state index in [2.05, 4.69) is 4.98 Å². The quantitative estimate of drug-likeness (QED) is 0.886. The zero-order valence-electron chi connectivity index (χ0n) is 9.94. The van der Waals surface area contributed by atoms with Crippen LogP contribution in [-0.4, -0.2) is 35.2 Å². The molecule has 0 bridgehead atoms. The van der Waals surface area contributed by atoms with Crippen LogP contribution >= 0.6 is 0 Å². The number of imidazole rings is 1. The van der Waals surface area contributed by atoms with E-state index in [1.165, 1.54) is 8.71 Å². The molecule has 0 atom stereocenters. The molecule has 0 radical (unpaired) electrons. The van der Waals surface area contributed by atoms with Gasteiger partial charge in [0.2, 0.25) is 0 Å². The molecule has 0 aromatic carbocycles. The normalized spacial score (nSPS) is 16.6. The Hall–Kier alpha value is -1.60. The molecule has 6 nitrogen and oxygen atoms in total. The van der Waals surface area contributed by atoms with Crippen molar-refractivity contribution in [2.75, 3.05) is 12.8 Å². The lowest BCUT2D eigenvalue weighted by Crippen LogP contribution is -2.30. The molecule has 3 rings (SSSR count). The van der Waals surface area contributed by atoms with Gasteiger partial charge in [-0.05, 0) is 25.0 Å². The van der Waals surface area contributed by atoms with E-state index in [0.717, 1.165) is 12.8 Å². The number of hydrogen-bond acceptors (Lipinski definition) is 4. The second-order valence-electron chi connectivity index (χ2n) is 4.48. The fraction of sp³-hybridized carbons (Fsp3) is 0.364. The molecule has 0 saturated heterocycles. The summed E-state index contributed by atoms with van der Waals surface area (Å²) >= 11 is 0. The Labute approximate surface area is 105 Å². The molecule has 2 aromatic rings. The maximum atomic E-state index is 12.5. The van der Waals surface area contributed by atoms with E-state index in [0.29, 0.717) is 5.65 Å². The molecule has 2 N–H and O–H groups in total. The summed E-state index contributed by atoms with van der Waals surface area (Å²) in [6.07, 6.45) is 3.48. The standard InChI is InChI=1S/C11H14N4O2S/c1-14(8-5-6-8)18(16,17)11-10(12)13-9-4-2-3-7-15(9)11/h2-4,7-8H,5-6,12H2,1H3. The van der Waals surface area contributed by atoms with Gasteiger partial charge >= 0.3 is 0 Å². The number of nitrogens with two attached hydrogens (primary N) is 1. The summed E-state index contributed by atoms with van der Waals surface area (Å²) in [6.45, 7) is 0. The molecule has 1 aliphatic carbocycles. The van der Waals surface area contributed by atoms with Crippen LogP contribution in [0.15, 0.2) is 29.4 Å². The van der Waals surface area contributed by atoms with Gasteiger partial charge < -0.3 is 5.73 Å². The van der Waals surface area contributed by atoms with Crippen LogP contribution in [0.3, 0.4) is 0 Å². The van der Waals surface area contributed by atoms with E-state index < -0.39 is 10.0 Å². The first kappa shape index (κ1) is 11.5. The van der Waals surface area contributed by atoms with Crippen LogP contribution < -0.4 is 5.73 Å². The first-order chi connectivity index (χ1) is 8.51. The van der Waals surface area contributed by atoms with Gasteiger partial charge in [-0.1, -0.05) is 6.07 Å². The summed E-state index contributed by atoms with van der Waals surface area (Å²) in [5.74, 6) is 0.0497. The largest absolute Gasteiger partial charge is 0.381 e. The van der Waals surface area contributed by atoms with Crippen molar-refractivity contribution in [3.8, 4) is 0 Å². The summed E-state index contributed by atoms with van der Waals surface area (Å²) in [5.41, 5.74) is 6.30. The predicted molar refractivity (Wildman–Crippen MR) is 67.6 cm³/mol. The summed E-state index contributed by atoms with van der Waals surface area (Å²) in [4.78, 5) is 4.08. The van der Waals surface area contributed by atoms with Gasteiger partial charge in [0.1, 0.15) is 5.65 Å². The molecule has 96 valence electrons. The number of fused-ring (bicyclic) bond motifs is 1. The second-order valence-corrected chi connectivity index (χ2v) is 6.40. The van der Waals surface area contributed by atoms with Crippen molar-refractivity contribution in [1.29, 1.82) is 0 Å². The Kier molecular flexibility index (Phi) is 2.36. The predicted octanol–water partition coefficient (Wildman–Crippen LogP) is 0.699. The number of nitrogens with zero attached hydrogens (tertiary/aromatic N) is 3. The average molecular weight is 266 g/mol. The highest BCUT2D eigenvalue weighted by Gasteiger charge is 2.37. The van der Waals surface area contributed by atoms with Crippen LogP contribution in [-0.2, 0) is 10.0 Å². The number of aromatic nitrogens is 2. The summed E-state index contributed by atoms with van der Waals surface area (Å²) in [5, 5.41) is 0.0625. The monoisotopic (exact) mass is 266 g/mol. The fourth-order valence-electron chi connectivity index (χ4n) is 2.02. The number of nitrogen functional groups attached to an aromatic ring is 1. The van der Waals surface area contributed by atoms with E-state index >= 15 is 0 Å². The molecule has 0 amide bonds. The molecule has 1 fully saturated rings. The lowest BCUT2D eigenvalue weighted by Gasteiger charge is -2.16. The third kappa shape index (κ3) is 1.58. The van der Waals surface area contributed by atoms with E-state index in [1.54, 1.807) is 31.4 Å². The van der Waals surface area contributed by atoms with Gasteiger partial charge in [-0.25, -0.2) is 13.4 Å². The van der Waals surface area contributed by atoms with Gasteiger partial charge in [-0.2, -0.15) is 4.31 Å². The number of pyridine rings is 1. The maximum absolute atomic E-state index is 12.5. The zero-order valence-corrected chi connectivity index (χ0v) is 10.8. The molecular formula is C11H14N4O2S. The Bertz CT molecular complexity index is 703. The van der Waals surface area contributed by atoms with Gasteiger partial charge in [0.05, 0.1) is 0 Å². The molecule has 0 aliphatic heterocycles. The SMILES string of the molecule is CN(C1CC1)S(=O)(=O)c1c(N)nc2ccccn12. The summed E-state index contributed by atoms with van der Waals surface area (Å²) < 4.78 is 27.9. The summed E-state index contributed by atoms with van der Waals surface area (Å²) in [7, 11) is -1.99. The van der Waals surface area contributed by atoms with Crippen molar-refractivity contribution >= 4 is 21.5 Å². The van der Waals surface area contributed by atoms with Crippen molar-refractivity contribution in [2.45, 2.75) is 23.9 Å². The Morgan fingerprint density at radius 2 is 2.17 bits per heavy atom. The van der Waals surface area contributed by atoms with Crippen LogP contribution in [0.25, 0.3) is 5.65 Å². The zero-order chi connectivity index (χ0) is 12.9. The molecule has 18 heavy (non-hydrogen) atoms. The fourth-order valence-corrected chi connectivity index (χ4v) is 3.61. The number of hydrogen-bond donors (Lipinski definition) is 1. The van der Waals surface area contributed by atoms with Crippen LogP contribution in [0.4, 0.5) is 5.82 Å². The molecule has 0 spiro atoms. The van der Waals surface area contributed by atoms with Gasteiger partial charge in [-0.3, -0.25) is 4.40 Å². The lowest BCUT2D eigenvalue weighted by atomic mass is 10.5. The molecule has 1 saturated carbocycles. The molecule has 0 unspecified atom stereocenters. The highest BCUT2D eigenvalue weighted by molar-refractivity contribution is 7.89. The Morgan fingerprint density at radius 1 is 1.44 bits per heavy atom. The number of sulfonamides is 1. The highest BCUT2D eigenvalue weighted by atomic mass is 32.2. The van der Waals surface area contributed by atoms with Gasteiger partial charge in [0, 0.05) is 19.3 Å². The second kappa shape index (κ2) is 3.69. The minimum Gasteiger partial charge on any atom is -0.381 e. The molecule has 2 heterocycles. The van der Waals surface area contributed by atoms with Crippen molar-refractivity contribution in [3.63, 3.8) is 0 Å². The van der Waals surface area contributed by atoms with Crippen LogP contribution in [0.5, 0.6) is 0 Å². The van der Waals surface area contributed by atoms with E-state index in [1.807, 2.05) is 0 Å². The van der Waals surface area contributed by atoms with Crippen molar-refractivity contribution < 1.29 is 8.42 Å². The molecule has 2 aromatic heterocycles. The third-order valence-corrected chi connectivity index (χ3v) is 5.15. The smallest absolute Gasteiger partial charge is 0.262 e. The molecule has 7 heteroatoms. The minimum absolute atomic E-state index is 0.0497. The minimum atomic E-state index is -3.58. The maximum Gasteiger partial charge on any atom is 0.262 e. The molecular weight excluding hydrogens is 252 g/mol. The van der Waals surface area contributed by atoms with Crippen molar-refractivity contribution in [1.82, 2.24) is 13.7 Å². The Morgan fingerprint density at radius 3 is 2.83 bits per heavy atom. The van der Waals surface area contributed by atoms with Crippen molar-refractivity contribution in [2.24, 2.45) is 0 Å². The van der Waals surface area contributed by atoms with Crippen LogP contribution in [0.2, 0.25) is 0 Å². The van der Waals surface area contributed by atoms with Gasteiger partial charge in [0.25, 0.3) is 10.0 Å². The first-order valence-corrected chi connectivity index (χ1v) is 7.16. The average Bonchev–Trinajstić information content (AvgIpc) is 3.09.